The molecular weight excluding hydrogens is 197 g/mol. The predicted octanol–water partition coefficient (Wildman–Crippen LogP) is 1.36. The van der Waals surface area contributed by atoms with E-state index in [0.29, 0.717) is 5.92 Å². The van der Waals surface area contributed by atoms with Crippen LogP contribution in [0.15, 0.2) is 6.20 Å². The monoisotopic (exact) mass is 213 g/mol. The Morgan fingerprint density at radius 3 is 2.60 bits per heavy atom. The van der Waals surface area contributed by atoms with Gasteiger partial charge >= 0.3 is 0 Å². The minimum atomic E-state index is -0.485. The van der Waals surface area contributed by atoms with Crippen molar-refractivity contribution < 1.29 is 4.39 Å². The molecule has 4 N–H and O–H groups in total. The van der Waals surface area contributed by atoms with E-state index in [4.69, 9.17) is 5.84 Å². The molecule has 0 radical (unpaired) electrons. The van der Waals surface area contributed by atoms with Gasteiger partial charge in [0.05, 0.1) is 6.20 Å². The fraction of sp³-hybridized carbons (Fsp3) is 0.556. The molecule has 0 amide bonds. The number of anilines is 2. The largest absolute Gasteiger partial charge is 0.365 e. The summed E-state index contributed by atoms with van der Waals surface area (Å²) >= 11 is 0. The molecule has 84 valence electrons. The lowest BCUT2D eigenvalue weighted by Crippen LogP contribution is -2.23. The van der Waals surface area contributed by atoms with Crippen LogP contribution in [-0.2, 0) is 0 Å². The molecule has 0 fully saturated rings. The molecule has 6 heteroatoms. The SMILES string of the molecule is CC(C)C(C)Nc1nc(NN)ncc1F. The fourth-order valence-corrected chi connectivity index (χ4v) is 0.920. The van der Waals surface area contributed by atoms with E-state index in [2.05, 4.69) is 20.7 Å². The Balaban J connectivity index is 2.83. The first kappa shape index (κ1) is 11.6. The van der Waals surface area contributed by atoms with Gasteiger partial charge in [-0.15, -0.1) is 0 Å². The van der Waals surface area contributed by atoms with Gasteiger partial charge in [0.15, 0.2) is 11.6 Å². The molecule has 1 aromatic rings. The second kappa shape index (κ2) is 4.88. The van der Waals surface area contributed by atoms with Crippen LogP contribution in [0.5, 0.6) is 0 Å². The molecule has 0 aromatic carbocycles. The number of hydrogen-bond acceptors (Lipinski definition) is 5. The van der Waals surface area contributed by atoms with Crippen LogP contribution < -0.4 is 16.6 Å². The molecule has 1 atom stereocenters. The predicted molar refractivity (Wildman–Crippen MR) is 57.7 cm³/mol. The molecule has 15 heavy (non-hydrogen) atoms. The van der Waals surface area contributed by atoms with Crippen molar-refractivity contribution in [3.63, 3.8) is 0 Å². The van der Waals surface area contributed by atoms with E-state index >= 15 is 0 Å². The molecule has 0 aliphatic carbocycles. The molecule has 0 saturated heterocycles. The lowest BCUT2D eigenvalue weighted by atomic mass is 10.1. The number of nitrogens with zero attached hydrogens (tertiary/aromatic N) is 2. The van der Waals surface area contributed by atoms with E-state index < -0.39 is 5.82 Å². The van der Waals surface area contributed by atoms with Crippen molar-refractivity contribution >= 4 is 11.8 Å². The Morgan fingerprint density at radius 1 is 1.40 bits per heavy atom. The van der Waals surface area contributed by atoms with Crippen LogP contribution in [0.1, 0.15) is 20.8 Å². The number of nitrogen functional groups attached to an aromatic ring is 1. The third-order valence-corrected chi connectivity index (χ3v) is 2.24. The van der Waals surface area contributed by atoms with Gasteiger partial charge in [-0.05, 0) is 12.8 Å². The molecule has 1 rings (SSSR count). The van der Waals surface area contributed by atoms with Crippen LogP contribution in [0, 0.1) is 11.7 Å². The van der Waals surface area contributed by atoms with Crippen molar-refractivity contribution in [1.82, 2.24) is 9.97 Å². The van der Waals surface area contributed by atoms with Crippen molar-refractivity contribution in [1.29, 1.82) is 0 Å². The number of halogens is 1. The lowest BCUT2D eigenvalue weighted by molar-refractivity contribution is 0.548. The number of hydrogen-bond donors (Lipinski definition) is 3. The van der Waals surface area contributed by atoms with Crippen LogP contribution in [0.2, 0.25) is 0 Å². The van der Waals surface area contributed by atoms with Gasteiger partial charge in [0.25, 0.3) is 0 Å². The number of hydrazine groups is 1. The first-order chi connectivity index (χ1) is 7.04. The Kier molecular flexibility index (Phi) is 3.79. The van der Waals surface area contributed by atoms with Gasteiger partial charge in [-0.25, -0.2) is 15.2 Å². The quantitative estimate of drug-likeness (QED) is 0.520. The highest BCUT2D eigenvalue weighted by atomic mass is 19.1. The summed E-state index contributed by atoms with van der Waals surface area (Å²) in [5, 5.41) is 2.96. The first-order valence-corrected chi connectivity index (χ1v) is 4.80. The normalized spacial score (nSPS) is 12.7. The summed E-state index contributed by atoms with van der Waals surface area (Å²) in [5.41, 5.74) is 2.27. The third-order valence-electron chi connectivity index (χ3n) is 2.24. The second-order valence-electron chi connectivity index (χ2n) is 3.71. The summed E-state index contributed by atoms with van der Waals surface area (Å²) in [4.78, 5) is 7.53. The summed E-state index contributed by atoms with van der Waals surface area (Å²) < 4.78 is 13.3. The van der Waals surface area contributed by atoms with Gasteiger partial charge in [0.1, 0.15) is 0 Å². The van der Waals surface area contributed by atoms with Crippen LogP contribution in [-0.4, -0.2) is 16.0 Å². The van der Waals surface area contributed by atoms with Gasteiger partial charge in [0, 0.05) is 6.04 Å². The number of nitrogens with two attached hydrogens (primary N) is 1. The smallest absolute Gasteiger partial charge is 0.239 e. The van der Waals surface area contributed by atoms with E-state index in [1.54, 1.807) is 0 Å². The molecule has 0 bridgehead atoms. The van der Waals surface area contributed by atoms with Crippen LogP contribution >= 0.6 is 0 Å². The maximum atomic E-state index is 13.3. The summed E-state index contributed by atoms with van der Waals surface area (Å²) in [6.45, 7) is 6.04. The average Bonchev–Trinajstić information content (AvgIpc) is 2.21. The summed E-state index contributed by atoms with van der Waals surface area (Å²) in [6.07, 6.45) is 1.08. The molecule has 1 unspecified atom stereocenters. The van der Waals surface area contributed by atoms with Crippen LogP contribution in [0.4, 0.5) is 16.2 Å². The van der Waals surface area contributed by atoms with Crippen molar-refractivity contribution in [3.05, 3.63) is 12.0 Å². The standard InChI is InChI=1S/C9H16FN5/c1-5(2)6(3)13-8-7(10)4-12-9(14-8)15-11/h4-6H,11H2,1-3H3,(H2,12,13,14,15). The molecule has 1 heterocycles. The number of nitrogens with one attached hydrogen (secondary N) is 2. The van der Waals surface area contributed by atoms with E-state index in [-0.39, 0.29) is 17.8 Å². The third kappa shape index (κ3) is 3.02. The van der Waals surface area contributed by atoms with Crippen molar-refractivity contribution in [2.24, 2.45) is 11.8 Å². The highest BCUT2D eigenvalue weighted by Crippen LogP contribution is 2.14. The van der Waals surface area contributed by atoms with E-state index in [0.717, 1.165) is 6.20 Å². The molecule has 0 spiro atoms. The second-order valence-corrected chi connectivity index (χ2v) is 3.71. The highest BCUT2D eigenvalue weighted by Gasteiger charge is 2.11. The maximum absolute atomic E-state index is 13.3. The van der Waals surface area contributed by atoms with E-state index in [1.807, 2.05) is 20.8 Å². The number of rotatable bonds is 4. The van der Waals surface area contributed by atoms with E-state index in [9.17, 15) is 4.39 Å². The topological polar surface area (TPSA) is 75.9 Å². The van der Waals surface area contributed by atoms with Gasteiger partial charge < -0.3 is 5.32 Å². The number of aromatic nitrogens is 2. The van der Waals surface area contributed by atoms with Crippen molar-refractivity contribution in [3.8, 4) is 0 Å². The van der Waals surface area contributed by atoms with Crippen molar-refractivity contribution in [2.75, 3.05) is 10.7 Å². The van der Waals surface area contributed by atoms with Crippen LogP contribution in [0.25, 0.3) is 0 Å². The van der Waals surface area contributed by atoms with Gasteiger partial charge in [-0.1, -0.05) is 13.8 Å². The molecule has 1 aromatic heterocycles. The minimum absolute atomic E-state index is 0.125. The lowest BCUT2D eigenvalue weighted by Gasteiger charge is -2.18. The maximum Gasteiger partial charge on any atom is 0.239 e. The fourth-order valence-electron chi connectivity index (χ4n) is 0.920. The Bertz CT molecular complexity index is 328. The Hall–Kier alpha value is -1.43. The molecule has 0 saturated carbocycles. The van der Waals surface area contributed by atoms with E-state index in [1.165, 1.54) is 0 Å². The van der Waals surface area contributed by atoms with Gasteiger partial charge in [0.2, 0.25) is 5.95 Å². The zero-order chi connectivity index (χ0) is 11.4. The summed E-state index contributed by atoms with van der Waals surface area (Å²) in [6, 6.07) is 0.125. The van der Waals surface area contributed by atoms with Crippen molar-refractivity contribution in [2.45, 2.75) is 26.8 Å². The first-order valence-electron chi connectivity index (χ1n) is 4.80. The molecular formula is C9H16FN5. The molecule has 5 nitrogen and oxygen atoms in total. The highest BCUT2D eigenvalue weighted by molar-refractivity contribution is 5.41. The minimum Gasteiger partial charge on any atom is -0.365 e. The zero-order valence-corrected chi connectivity index (χ0v) is 9.08. The Labute approximate surface area is 88.3 Å². The average molecular weight is 213 g/mol. The molecule has 0 aliphatic heterocycles. The zero-order valence-electron chi connectivity index (χ0n) is 9.08. The summed E-state index contributed by atoms with van der Waals surface area (Å²) in [5.74, 6) is 5.39. The summed E-state index contributed by atoms with van der Waals surface area (Å²) in [7, 11) is 0. The van der Waals surface area contributed by atoms with Gasteiger partial charge in [-0.3, -0.25) is 5.43 Å². The Morgan fingerprint density at radius 2 is 2.07 bits per heavy atom. The molecule has 0 aliphatic rings. The van der Waals surface area contributed by atoms with Gasteiger partial charge in [-0.2, -0.15) is 4.98 Å². The van der Waals surface area contributed by atoms with Crippen LogP contribution in [0.3, 0.4) is 0 Å².